The Labute approximate surface area is 149 Å². The molecule has 0 spiro atoms. The highest BCUT2D eigenvalue weighted by atomic mass is 127. The molecule has 2 aromatic rings. The largest absolute Gasteiger partial charge is 0.330 e. The Bertz CT molecular complexity index is 801. The second kappa shape index (κ2) is 7.42. The zero-order chi connectivity index (χ0) is 17.0. The first-order valence-electron chi connectivity index (χ1n) is 6.19. The van der Waals surface area contributed by atoms with Gasteiger partial charge in [-0.1, -0.05) is 12.1 Å². The molecule has 0 saturated heterocycles. The zero-order valence-electron chi connectivity index (χ0n) is 11.4. The number of nitro groups is 1. The van der Waals surface area contributed by atoms with Crippen LogP contribution in [0.2, 0.25) is 0 Å². The standard InChI is InChI=1S/C14H9FIN3O3S/c15-10-6-5-8(19(21)22)7-12(10)17-14(23)18-13(20)9-3-1-2-4-11(9)16/h1-7H,(H2,17,18,20,23). The SMILES string of the molecule is O=C(NC(=S)Nc1cc([N+](=O)[O-])ccc1F)c1ccccc1I. The summed E-state index contributed by atoms with van der Waals surface area (Å²) in [4.78, 5) is 22.1. The van der Waals surface area contributed by atoms with Crippen LogP contribution in [0.15, 0.2) is 42.5 Å². The normalized spacial score (nSPS) is 10.0. The lowest BCUT2D eigenvalue weighted by molar-refractivity contribution is -0.384. The van der Waals surface area contributed by atoms with Gasteiger partial charge in [-0.05, 0) is 53.0 Å². The molecular formula is C14H9FIN3O3S. The Hall–Kier alpha value is -2.14. The fraction of sp³-hybridized carbons (Fsp3) is 0. The first kappa shape index (κ1) is 17.2. The lowest BCUT2D eigenvalue weighted by atomic mass is 10.2. The topological polar surface area (TPSA) is 84.3 Å². The number of hydrogen-bond acceptors (Lipinski definition) is 4. The third-order valence-electron chi connectivity index (χ3n) is 2.75. The number of halogens is 2. The van der Waals surface area contributed by atoms with E-state index in [1.54, 1.807) is 24.3 Å². The summed E-state index contributed by atoms with van der Waals surface area (Å²) in [5, 5.41) is 15.4. The van der Waals surface area contributed by atoms with E-state index in [-0.39, 0.29) is 16.5 Å². The Morgan fingerprint density at radius 3 is 2.61 bits per heavy atom. The van der Waals surface area contributed by atoms with Gasteiger partial charge in [-0.15, -0.1) is 0 Å². The summed E-state index contributed by atoms with van der Waals surface area (Å²) in [6, 6.07) is 9.85. The van der Waals surface area contributed by atoms with E-state index in [1.807, 2.05) is 22.6 Å². The molecule has 0 saturated carbocycles. The van der Waals surface area contributed by atoms with E-state index in [2.05, 4.69) is 10.6 Å². The van der Waals surface area contributed by atoms with Crippen LogP contribution in [0, 0.1) is 19.5 Å². The van der Waals surface area contributed by atoms with E-state index >= 15 is 0 Å². The van der Waals surface area contributed by atoms with Crippen molar-refractivity contribution in [3.05, 3.63) is 67.5 Å². The van der Waals surface area contributed by atoms with Gasteiger partial charge in [0, 0.05) is 15.7 Å². The van der Waals surface area contributed by atoms with Crippen molar-refractivity contribution in [3.8, 4) is 0 Å². The maximum Gasteiger partial charge on any atom is 0.271 e. The van der Waals surface area contributed by atoms with Crippen molar-refractivity contribution in [1.29, 1.82) is 0 Å². The molecule has 0 aliphatic carbocycles. The number of amides is 1. The van der Waals surface area contributed by atoms with Crippen LogP contribution >= 0.6 is 34.8 Å². The molecule has 1 amide bonds. The highest BCUT2D eigenvalue weighted by Gasteiger charge is 2.14. The van der Waals surface area contributed by atoms with Gasteiger partial charge in [-0.25, -0.2) is 4.39 Å². The van der Waals surface area contributed by atoms with Crippen molar-refractivity contribution in [2.75, 3.05) is 5.32 Å². The van der Waals surface area contributed by atoms with Crippen molar-refractivity contribution >= 4 is 57.2 Å². The number of hydrogen-bond donors (Lipinski definition) is 2. The van der Waals surface area contributed by atoms with Gasteiger partial charge in [0.2, 0.25) is 0 Å². The smallest absolute Gasteiger partial charge is 0.271 e. The summed E-state index contributed by atoms with van der Waals surface area (Å²) in [6.45, 7) is 0. The van der Waals surface area contributed by atoms with E-state index in [4.69, 9.17) is 12.2 Å². The van der Waals surface area contributed by atoms with Crippen molar-refractivity contribution in [3.63, 3.8) is 0 Å². The number of carbonyl (C=O) groups is 1. The molecule has 0 aromatic heterocycles. The molecule has 0 fully saturated rings. The number of nitrogens with zero attached hydrogens (tertiary/aromatic N) is 1. The second-order valence-corrected chi connectivity index (χ2v) is 5.88. The maximum absolute atomic E-state index is 13.7. The third-order valence-corrected chi connectivity index (χ3v) is 3.90. The van der Waals surface area contributed by atoms with Gasteiger partial charge >= 0.3 is 0 Å². The van der Waals surface area contributed by atoms with E-state index < -0.39 is 16.6 Å². The maximum atomic E-state index is 13.7. The number of carbonyl (C=O) groups excluding carboxylic acids is 1. The number of benzene rings is 2. The number of rotatable bonds is 3. The minimum Gasteiger partial charge on any atom is -0.330 e. The first-order valence-corrected chi connectivity index (χ1v) is 7.68. The first-order chi connectivity index (χ1) is 10.9. The third kappa shape index (κ3) is 4.42. The van der Waals surface area contributed by atoms with Crippen LogP contribution in [0.1, 0.15) is 10.4 Å². The Balaban J connectivity index is 2.11. The average Bonchev–Trinajstić information content (AvgIpc) is 2.49. The van der Waals surface area contributed by atoms with Gasteiger partial charge in [-0.3, -0.25) is 20.2 Å². The van der Waals surface area contributed by atoms with Gasteiger partial charge in [0.05, 0.1) is 16.2 Å². The lowest BCUT2D eigenvalue weighted by Crippen LogP contribution is -2.34. The fourth-order valence-corrected chi connectivity index (χ4v) is 2.53. The van der Waals surface area contributed by atoms with Crippen LogP contribution in [-0.4, -0.2) is 15.9 Å². The molecule has 2 rings (SSSR count). The van der Waals surface area contributed by atoms with Crippen LogP contribution in [0.3, 0.4) is 0 Å². The minimum atomic E-state index is -0.721. The molecule has 23 heavy (non-hydrogen) atoms. The lowest BCUT2D eigenvalue weighted by Gasteiger charge is -2.11. The quantitative estimate of drug-likeness (QED) is 0.327. The van der Waals surface area contributed by atoms with Gasteiger partial charge < -0.3 is 5.32 Å². The minimum absolute atomic E-state index is 0.158. The summed E-state index contributed by atoms with van der Waals surface area (Å²) >= 11 is 6.95. The van der Waals surface area contributed by atoms with Crippen molar-refractivity contribution < 1.29 is 14.1 Å². The van der Waals surface area contributed by atoms with E-state index in [9.17, 15) is 19.3 Å². The second-order valence-electron chi connectivity index (χ2n) is 4.31. The van der Waals surface area contributed by atoms with Crippen LogP contribution in [-0.2, 0) is 0 Å². The molecule has 0 bridgehead atoms. The molecule has 0 radical (unpaired) electrons. The summed E-state index contributed by atoms with van der Waals surface area (Å²) in [7, 11) is 0. The fourth-order valence-electron chi connectivity index (χ4n) is 1.69. The monoisotopic (exact) mass is 445 g/mol. The predicted octanol–water partition coefficient (Wildman–Crippen LogP) is 3.47. The van der Waals surface area contributed by atoms with E-state index in [1.165, 1.54) is 0 Å². The Morgan fingerprint density at radius 2 is 1.96 bits per heavy atom. The van der Waals surface area contributed by atoms with Crippen molar-refractivity contribution in [2.24, 2.45) is 0 Å². The Kier molecular flexibility index (Phi) is 5.55. The number of non-ortho nitro benzene ring substituents is 1. The van der Waals surface area contributed by atoms with Crippen molar-refractivity contribution in [1.82, 2.24) is 5.32 Å². The molecule has 2 N–H and O–H groups in total. The summed E-state index contributed by atoms with van der Waals surface area (Å²) in [6.07, 6.45) is 0. The molecule has 0 aliphatic rings. The van der Waals surface area contributed by atoms with E-state index in [0.717, 1.165) is 21.8 Å². The summed E-state index contributed by atoms with van der Waals surface area (Å²) in [5.74, 6) is -1.18. The average molecular weight is 445 g/mol. The number of anilines is 1. The Morgan fingerprint density at radius 1 is 1.26 bits per heavy atom. The van der Waals surface area contributed by atoms with Gasteiger partial charge in [0.15, 0.2) is 5.11 Å². The molecule has 0 unspecified atom stereocenters. The van der Waals surface area contributed by atoms with Gasteiger partial charge in [-0.2, -0.15) is 0 Å². The molecule has 118 valence electrons. The molecule has 6 nitrogen and oxygen atoms in total. The number of nitrogens with one attached hydrogen (secondary N) is 2. The number of nitro benzene ring substituents is 1. The highest BCUT2D eigenvalue weighted by Crippen LogP contribution is 2.21. The molecular weight excluding hydrogens is 436 g/mol. The molecule has 0 atom stereocenters. The van der Waals surface area contributed by atoms with Crippen LogP contribution in [0.5, 0.6) is 0 Å². The summed E-state index contributed by atoms with van der Waals surface area (Å²) in [5.41, 5.74) is -0.0651. The molecule has 2 aromatic carbocycles. The number of thiocarbonyl (C=S) groups is 1. The predicted molar refractivity (Wildman–Crippen MR) is 95.9 cm³/mol. The van der Waals surface area contributed by atoms with Crippen LogP contribution in [0.25, 0.3) is 0 Å². The summed E-state index contributed by atoms with van der Waals surface area (Å²) < 4.78 is 14.4. The molecule has 0 heterocycles. The van der Waals surface area contributed by atoms with Gasteiger partial charge in [0.1, 0.15) is 5.82 Å². The zero-order valence-corrected chi connectivity index (χ0v) is 14.4. The van der Waals surface area contributed by atoms with Crippen LogP contribution in [0.4, 0.5) is 15.8 Å². The molecule has 9 heteroatoms. The van der Waals surface area contributed by atoms with Gasteiger partial charge in [0.25, 0.3) is 11.6 Å². The van der Waals surface area contributed by atoms with Crippen molar-refractivity contribution in [2.45, 2.75) is 0 Å². The highest BCUT2D eigenvalue weighted by molar-refractivity contribution is 14.1. The van der Waals surface area contributed by atoms with Crippen LogP contribution < -0.4 is 10.6 Å². The van der Waals surface area contributed by atoms with E-state index in [0.29, 0.717) is 5.56 Å². The molecule has 0 aliphatic heterocycles.